The van der Waals surface area contributed by atoms with Crippen LogP contribution < -0.4 is 5.32 Å². The highest BCUT2D eigenvalue weighted by molar-refractivity contribution is 7.14. The zero-order valence-electron chi connectivity index (χ0n) is 13.6. The molecule has 0 aliphatic heterocycles. The predicted octanol–water partition coefficient (Wildman–Crippen LogP) is 1.78. The van der Waals surface area contributed by atoms with Gasteiger partial charge in [0.2, 0.25) is 5.91 Å². The summed E-state index contributed by atoms with van der Waals surface area (Å²) in [7, 11) is 1.84. The zero-order valence-corrected chi connectivity index (χ0v) is 14.4. The van der Waals surface area contributed by atoms with Crippen LogP contribution in [0.3, 0.4) is 0 Å². The number of carboxylic acids is 1. The van der Waals surface area contributed by atoms with Crippen LogP contribution in [-0.2, 0) is 18.4 Å². The zero-order chi connectivity index (χ0) is 18.0. The molecule has 25 heavy (non-hydrogen) atoms. The number of hydrogen-bond donors (Lipinski definition) is 2. The van der Waals surface area contributed by atoms with E-state index < -0.39 is 5.97 Å². The van der Waals surface area contributed by atoms with Crippen LogP contribution in [0.15, 0.2) is 23.8 Å². The molecule has 0 radical (unpaired) electrons. The molecule has 0 fully saturated rings. The Hall–Kier alpha value is -3.01. The Labute approximate surface area is 146 Å². The molecule has 2 N–H and O–H groups in total. The van der Waals surface area contributed by atoms with Gasteiger partial charge in [-0.25, -0.2) is 9.78 Å². The van der Waals surface area contributed by atoms with Crippen LogP contribution in [0.1, 0.15) is 22.6 Å². The van der Waals surface area contributed by atoms with Gasteiger partial charge >= 0.3 is 5.97 Å². The number of nitrogens with zero attached hydrogens (tertiary/aromatic N) is 5. The number of aromatic carboxylic acids is 1. The minimum atomic E-state index is -1.09. The van der Waals surface area contributed by atoms with Crippen LogP contribution in [0.4, 0.5) is 5.13 Å². The third kappa shape index (κ3) is 3.91. The Bertz CT molecular complexity index is 925. The quantitative estimate of drug-likeness (QED) is 0.692. The van der Waals surface area contributed by atoms with E-state index in [4.69, 9.17) is 5.11 Å². The van der Waals surface area contributed by atoms with E-state index in [0.717, 1.165) is 17.0 Å². The Morgan fingerprint density at radius 3 is 2.80 bits per heavy atom. The van der Waals surface area contributed by atoms with E-state index in [0.29, 0.717) is 11.7 Å². The van der Waals surface area contributed by atoms with Gasteiger partial charge in [0.15, 0.2) is 10.8 Å². The maximum Gasteiger partial charge on any atom is 0.356 e. The molecule has 1 amide bonds. The first-order valence-electron chi connectivity index (χ1n) is 7.45. The van der Waals surface area contributed by atoms with Crippen molar-refractivity contribution in [3.63, 3.8) is 0 Å². The summed E-state index contributed by atoms with van der Waals surface area (Å²) < 4.78 is 3.15. The van der Waals surface area contributed by atoms with Crippen LogP contribution in [-0.4, -0.2) is 41.5 Å². The Morgan fingerprint density at radius 1 is 1.36 bits per heavy atom. The second-order valence-electron chi connectivity index (χ2n) is 5.41. The van der Waals surface area contributed by atoms with Crippen molar-refractivity contribution >= 4 is 28.3 Å². The highest BCUT2D eigenvalue weighted by Gasteiger charge is 2.12. The summed E-state index contributed by atoms with van der Waals surface area (Å²) in [6, 6.07) is 1.39. The molecule has 0 aliphatic carbocycles. The molecule has 0 unspecified atom stereocenters. The Kier molecular flexibility index (Phi) is 4.61. The fourth-order valence-electron chi connectivity index (χ4n) is 2.30. The molecular weight excluding hydrogens is 344 g/mol. The number of carbonyl (C=O) groups excluding carboxylic acids is 1. The minimum absolute atomic E-state index is 0.0446. The van der Waals surface area contributed by atoms with Crippen molar-refractivity contribution < 1.29 is 14.7 Å². The molecule has 3 aromatic rings. The summed E-state index contributed by atoms with van der Waals surface area (Å²) in [5.74, 6) is -1.31. The maximum atomic E-state index is 12.0. The molecular formula is C15H16N6O3S. The predicted molar refractivity (Wildman–Crippen MR) is 91.5 cm³/mol. The highest BCUT2D eigenvalue weighted by atomic mass is 32.1. The van der Waals surface area contributed by atoms with Crippen molar-refractivity contribution in [1.82, 2.24) is 24.5 Å². The molecule has 130 valence electrons. The van der Waals surface area contributed by atoms with Crippen molar-refractivity contribution in [3.8, 4) is 11.3 Å². The lowest BCUT2D eigenvalue weighted by molar-refractivity contribution is -0.116. The second kappa shape index (κ2) is 6.85. The Morgan fingerprint density at radius 2 is 2.16 bits per heavy atom. The van der Waals surface area contributed by atoms with E-state index >= 15 is 0 Å². The average Bonchev–Trinajstić information content (AvgIpc) is 3.25. The number of nitrogens with one attached hydrogen (secondary N) is 1. The van der Waals surface area contributed by atoms with Gasteiger partial charge in [-0.05, 0) is 13.0 Å². The number of amides is 1. The Balaban J connectivity index is 1.58. The van der Waals surface area contributed by atoms with E-state index in [1.807, 2.05) is 25.5 Å². The van der Waals surface area contributed by atoms with Gasteiger partial charge in [0.25, 0.3) is 0 Å². The third-order valence-electron chi connectivity index (χ3n) is 3.47. The van der Waals surface area contributed by atoms with Gasteiger partial charge in [0.1, 0.15) is 0 Å². The summed E-state index contributed by atoms with van der Waals surface area (Å²) in [6.07, 6.45) is 3.58. The van der Waals surface area contributed by atoms with Crippen molar-refractivity contribution in [2.24, 2.45) is 7.05 Å². The van der Waals surface area contributed by atoms with Gasteiger partial charge in [-0.2, -0.15) is 10.2 Å². The van der Waals surface area contributed by atoms with Crippen LogP contribution >= 0.6 is 11.3 Å². The molecule has 0 aromatic carbocycles. The summed E-state index contributed by atoms with van der Waals surface area (Å²) in [4.78, 5) is 27.2. The lowest BCUT2D eigenvalue weighted by atomic mass is 10.2. The first kappa shape index (κ1) is 16.8. The normalized spacial score (nSPS) is 10.8. The van der Waals surface area contributed by atoms with E-state index in [9.17, 15) is 9.59 Å². The minimum Gasteiger partial charge on any atom is -0.476 e. The number of carbonyl (C=O) groups is 2. The van der Waals surface area contributed by atoms with E-state index in [1.165, 1.54) is 28.3 Å². The average molecular weight is 360 g/mol. The fraction of sp³-hybridized carbons (Fsp3) is 0.267. The van der Waals surface area contributed by atoms with Gasteiger partial charge in [0.05, 0.1) is 11.4 Å². The molecule has 3 aromatic heterocycles. The topological polar surface area (TPSA) is 115 Å². The van der Waals surface area contributed by atoms with Crippen LogP contribution in [0.25, 0.3) is 11.3 Å². The first-order chi connectivity index (χ1) is 11.9. The third-order valence-corrected chi connectivity index (χ3v) is 4.23. The lowest BCUT2D eigenvalue weighted by Crippen LogP contribution is -2.15. The van der Waals surface area contributed by atoms with Gasteiger partial charge in [-0.3, -0.25) is 14.2 Å². The monoisotopic (exact) mass is 360 g/mol. The van der Waals surface area contributed by atoms with Crippen LogP contribution in [0, 0.1) is 6.92 Å². The number of carboxylic acid groups (broad SMARTS) is 1. The van der Waals surface area contributed by atoms with Crippen molar-refractivity contribution in [3.05, 3.63) is 35.2 Å². The molecule has 0 atom stereocenters. The molecule has 9 nitrogen and oxygen atoms in total. The number of rotatable bonds is 6. The smallest absolute Gasteiger partial charge is 0.356 e. The summed E-state index contributed by atoms with van der Waals surface area (Å²) in [5.41, 5.74) is 2.52. The van der Waals surface area contributed by atoms with Gasteiger partial charge in [0, 0.05) is 43.4 Å². The number of aromatic nitrogens is 5. The number of aryl methyl sites for hydroxylation is 3. The van der Waals surface area contributed by atoms with Crippen LogP contribution in [0.2, 0.25) is 0 Å². The van der Waals surface area contributed by atoms with Crippen molar-refractivity contribution in [2.45, 2.75) is 19.9 Å². The lowest BCUT2D eigenvalue weighted by Gasteiger charge is -2.02. The van der Waals surface area contributed by atoms with Gasteiger partial charge in [-0.15, -0.1) is 11.3 Å². The molecule has 10 heteroatoms. The molecule has 0 saturated heterocycles. The van der Waals surface area contributed by atoms with Crippen molar-refractivity contribution in [2.75, 3.05) is 5.32 Å². The summed E-state index contributed by atoms with van der Waals surface area (Å²) in [6.45, 7) is 2.20. The van der Waals surface area contributed by atoms with Gasteiger partial charge in [-0.1, -0.05) is 0 Å². The standard InChI is InChI=1S/C15H16N6O3S/c1-9-10(7-20(2)18-9)12-8-25-15(16-12)17-13(22)4-6-21-5-3-11(19-21)14(23)24/h3,5,7-8H,4,6H2,1-2H3,(H,23,24)(H,16,17,22). The van der Waals surface area contributed by atoms with E-state index in [1.54, 1.807) is 4.68 Å². The molecule has 0 bridgehead atoms. The van der Waals surface area contributed by atoms with Gasteiger partial charge < -0.3 is 10.4 Å². The largest absolute Gasteiger partial charge is 0.476 e. The van der Waals surface area contributed by atoms with E-state index in [-0.39, 0.29) is 18.0 Å². The molecule has 0 aliphatic rings. The molecule has 0 spiro atoms. The SMILES string of the molecule is Cc1nn(C)cc1-c1csc(NC(=O)CCn2ccc(C(=O)O)n2)n1. The highest BCUT2D eigenvalue weighted by Crippen LogP contribution is 2.26. The maximum absolute atomic E-state index is 12.0. The van der Waals surface area contributed by atoms with E-state index in [2.05, 4.69) is 20.5 Å². The summed E-state index contributed by atoms with van der Waals surface area (Å²) >= 11 is 1.34. The fourth-order valence-corrected chi connectivity index (χ4v) is 3.03. The second-order valence-corrected chi connectivity index (χ2v) is 6.27. The number of hydrogen-bond acceptors (Lipinski definition) is 6. The number of anilines is 1. The summed E-state index contributed by atoms with van der Waals surface area (Å²) in [5, 5.41) is 22.1. The molecule has 3 rings (SSSR count). The molecule has 0 saturated carbocycles. The first-order valence-corrected chi connectivity index (χ1v) is 8.33. The number of thiazole rings is 1. The van der Waals surface area contributed by atoms with Crippen LogP contribution in [0.5, 0.6) is 0 Å². The van der Waals surface area contributed by atoms with Crippen molar-refractivity contribution in [1.29, 1.82) is 0 Å². The molecule has 3 heterocycles.